The van der Waals surface area contributed by atoms with E-state index < -0.39 is 0 Å². The van der Waals surface area contributed by atoms with Crippen molar-refractivity contribution < 1.29 is 46.5 Å². The first-order valence-electron chi connectivity index (χ1n) is 7.70. The Morgan fingerprint density at radius 1 is 0.625 bits per heavy atom. The topological polar surface area (TPSA) is 24.1 Å². The fourth-order valence-corrected chi connectivity index (χ4v) is 2.70. The summed E-state index contributed by atoms with van der Waals surface area (Å²) in [6.45, 7) is 10.6. The van der Waals surface area contributed by atoms with Gasteiger partial charge in [0.15, 0.2) is 0 Å². The van der Waals surface area contributed by atoms with Crippen molar-refractivity contribution in [3.63, 3.8) is 0 Å². The predicted molar refractivity (Wildman–Crippen MR) is 93.4 cm³/mol. The van der Waals surface area contributed by atoms with Crippen molar-refractivity contribution in [3.8, 4) is 0 Å². The Kier molecular flexibility index (Phi) is 13.5. The largest absolute Gasteiger partial charge is 2.00 e. The summed E-state index contributed by atoms with van der Waals surface area (Å²) in [6, 6.07) is 12.8. The first-order valence-corrected chi connectivity index (χ1v) is 7.70. The van der Waals surface area contributed by atoms with Gasteiger partial charge in [0.05, 0.1) is 0 Å². The molecule has 2 aromatic rings. The predicted octanol–water partition coefficient (Wildman–Crippen LogP) is -1.16. The zero-order valence-electron chi connectivity index (χ0n) is 14.8. The molecule has 24 heavy (non-hydrogen) atoms. The monoisotopic (exact) mass is 400 g/mol. The van der Waals surface area contributed by atoms with Gasteiger partial charge in [-0.25, -0.2) is 0 Å². The summed E-state index contributed by atoms with van der Waals surface area (Å²) in [7, 11) is 0. The van der Waals surface area contributed by atoms with E-state index in [1.54, 1.807) is 0 Å². The maximum atomic E-state index is 3.56. The van der Waals surface area contributed by atoms with Crippen LogP contribution >= 0.6 is 0 Å². The Hall–Kier alpha value is -0.666. The second-order valence-electron chi connectivity index (χ2n) is 5.74. The normalized spacial score (nSPS) is 9.17. The van der Waals surface area contributed by atoms with E-state index >= 15 is 0 Å². The van der Waals surface area contributed by atoms with E-state index in [-0.39, 0.29) is 46.5 Å². The fourth-order valence-electron chi connectivity index (χ4n) is 2.70. The first-order chi connectivity index (χ1) is 10.1. The van der Waals surface area contributed by atoms with Crippen LogP contribution in [0.5, 0.6) is 0 Å². The zero-order chi connectivity index (χ0) is 15.2. The summed E-state index contributed by atoms with van der Waals surface area (Å²) in [4.78, 5) is 0. The van der Waals surface area contributed by atoms with Crippen molar-refractivity contribution in [1.82, 2.24) is 0 Å². The summed E-state index contributed by atoms with van der Waals surface area (Å²) >= 11 is 0. The minimum absolute atomic E-state index is 0. The average molecular weight is 401 g/mol. The van der Waals surface area contributed by atoms with Gasteiger partial charge in [-0.1, -0.05) is 36.4 Å². The van der Waals surface area contributed by atoms with Crippen LogP contribution in [-0.2, 0) is 21.7 Å². The molecule has 130 valence electrons. The zero-order valence-corrected chi connectivity index (χ0v) is 17.9. The van der Waals surface area contributed by atoms with Crippen molar-refractivity contribution in [2.24, 2.45) is 0 Å². The van der Waals surface area contributed by atoms with E-state index in [9.17, 15) is 0 Å². The second-order valence-corrected chi connectivity index (χ2v) is 5.74. The van der Waals surface area contributed by atoms with Crippen LogP contribution in [0, 0.1) is 27.7 Å². The van der Waals surface area contributed by atoms with E-state index in [0.717, 1.165) is 19.5 Å². The van der Waals surface area contributed by atoms with Gasteiger partial charge >= 0.3 is 21.7 Å². The molecular formula is C19H26Cl2N2Ti. The molecule has 0 aromatic heterocycles. The van der Waals surface area contributed by atoms with Crippen LogP contribution in [0.15, 0.2) is 36.4 Å². The Morgan fingerprint density at radius 3 is 1.21 bits per heavy atom. The molecule has 0 amide bonds. The molecule has 0 atom stereocenters. The number of para-hydroxylation sites is 2. The van der Waals surface area contributed by atoms with Gasteiger partial charge in [-0.05, 0) is 56.4 Å². The maximum absolute atomic E-state index is 3.56. The summed E-state index contributed by atoms with van der Waals surface area (Å²) in [5, 5.41) is 7.11. The molecule has 2 N–H and O–H groups in total. The summed E-state index contributed by atoms with van der Waals surface area (Å²) < 4.78 is 0. The summed E-state index contributed by atoms with van der Waals surface area (Å²) in [6.07, 6.45) is 1.10. The van der Waals surface area contributed by atoms with E-state index in [1.807, 2.05) is 0 Å². The van der Waals surface area contributed by atoms with Gasteiger partial charge in [-0.15, -0.1) is 0 Å². The van der Waals surface area contributed by atoms with Crippen LogP contribution in [0.3, 0.4) is 0 Å². The number of aryl methyl sites for hydroxylation is 4. The number of hydrogen-bond donors (Lipinski definition) is 2. The minimum Gasteiger partial charge on any atom is -1.00 e. The van der Waals surface area contributed by atoms with Crippen LogP contribution in [0.2, 0.25) is 0 Å². The van der Waals surface area contributed by atoms with Gasteiger partial charge in [-0.3, -0.25) is 0 Å². The number of rotatable bonds is 6. The minimum atomic E-state index is 0. The van der Waals surface area contributed by atoms with Gasteiger partial charge in [0, 0.05) is 24.5 Å². The van der Waals surface area contributed by atoms with Gasteiger partial charge in [0.25, 0.3) is 0 Å². The summed E-state index contributed by atoms with van der Waals surface area (Å²) in [5.41, 5.74) is 7.83. The van der Waals surface area contributed by atoms with Crippen molar-refractivity contribution in [2.45, 2.75) is 34.1 Å². The molecule has 5 heteroatoms. The molecule has 2 aromatic carbocycles. The van der Waals surface area contributed by atoms with Crippen molar-refractivity contribution in [1.29, 1.82) is 0 Å². The molecule has 2 rings (SSSR count). The van der Waals surface area contributed by atoms with Crippen LogP contribution in [-0.4, -0.2) is 13.1 Å². The quantitative estimate of drug-likeness (QED) is 0.472. The number of hydrogen-bond acceptors (Lipinski definition) is 2. The maximum Gasteiger partial charge on any atom is 2.00 e. The van der Waals surface area contributed by atoms with Crippen LogP contribution in [0.1, 0.15) is 28.7 Å². The number of nitrogens with one attached hydrogen (secondary N) is 2. The molecule has 0 saturated carbocycles. The third kappa shape index (κ3) is 7.07. The molecule has 2 nitrogen and oxygen atoms in total. The molecule has 0 unspecified atom stereocenters. The van der Waals surface area contributed by atoms with Gasteiger partial charge in [0.2, 0.25) is 0 Å². The Morgan fingerprint density at radius 2 is 0.917 bits per heavy atom. The first kappa shape index (κ1) is 25.6. The van der Waals surface area contributed by atoms with Crippen molar-refractivity contribution >= 4 is 11.4 Å². The smallest absolute Gasteiger partial charge is 1.00 e. The fraction of sp³-hybridized carbons (Fsp3) is 0.368. The molecule has 0 spiro atoms. The number of halogens is 2. The van der Waals surface area contributed by atoms with E-state index in [2.05, 4.69) is 74.7 Å². The molecule has 0 aliphatic heterocycles. The van der Waals surface area contributed by atoms with E-state index in [1.165, 1.54) is 33.6 Å². The SMILES string of the molecule is Cc1cccc(C)c1NCCCNc1c(C)cccc1C.[Cl-].[Cl-].[Ti+2]. The molecule has 0 heterocycles. The van der Waals surface area contributed by atoms with Crippen LogP contribution < -0.4 is 35.4 Å². The van der Waals surface area contributed by atoms with Gasteiger partial charge < -0.3 is 35.4 Å². The molecule has 0 aliphatic carbocycles. The number of benzene rings is 2. The standard InChI is InChI=1S/C19H26N2.2ClH.Ti/c1-14-8-5-9-15(2)18(14)20-12-7-13-21-19-16(3)10-6-11-17(19)4;;;/h5-6,8-11,20-21H,7,12-13H2,1-4H3;2*1H;/q;;;+2/p-2. The molecule has 0 radical (unpaired) electrons. The number of anilines is 2. The third-order valence-corrected chi connectivity index (χ3v) is 3.92. The van der Waals surface area contributed by atoms with Crippen LogP contribution in [0.4, 0.5) is 11.4 Å². The molecule has 0 saturated heterocycles. The second kappa shape index (κ2) is 12.7. The van der Waals surface area contributed by atoms with E-state index in [0.29, 0.717) is 0 Å². The van der Waals surface area contributed by atoms with Gasteiger partial charge in [-0.2, -0.15) is 0 Å². The molecular weight excluding hydrogens is 375 g/mol. The third-order valence-electron chi connectivity index (χ3n) is 3.92. The molecule has 0 aliphatic rings. The van der Waals surface area contributed by atoms with E-state index in [4.69, 9.17) is 0 Å². The molecule has 0 bridgehead atoms. The summed E-state index contributed by atoms with van der Waals surface area (Å²) in [5.74, 6) is 0. The molecule has 0 fully saturated rings. The van der Waals surface area contributed by atoms with Gasteiger partial charge in [0.1, 0.15) is 0 Å². The van der Waals surface area contributed by atoms with Crippen LogP contribution in [0.25, 0.3) is 0 Å². The Balaban J connectivity index is 0. The Labute approximate surface area is 173 Å². The average Bonchev–Trinajstić information content (AvgIpc) is 2.44. The van der Waals surface area contributed by atoms with Crippen molar-refractivity contribution in [2.75, 3.05) is 23.7 Å². The van der Waals surface area contributed by atoms with Crippen molar-refractivity contribution in [3.05, 3.63) is 58.7 Å². The Bertz CT molecular complexity index is 524.